The first-order chi connectivity index (χ1) is 8.13. The molecule has 3 unspecified atom stereocenters. The van der Waals surface area contributed by atoms with Gasteiger partial charge in [-0.25, -0.2) is 0 Å². The van der Waals surface area contributed by atoms with E-state index in [0.717, 1.165) is 19.4 Å². The Morgan fingerprint density at radius 1 is 1.47 bits per heavy atom. The Kier molecular flexibility index (Phi) is 6.52. The van der Waals surface area contributed by atoms with Crippen molar-refractivity contribution in [3.63, 3.8) is 0 Å². The van der Waals surface area contributed by atoms with Gasteiger partial charge in [-0.3, -0.25) is 4.79 Å². The first-order valence-corrected chi connectivity index (χ1v) is 6.64. The summed E-state index contributed by atoms with van der Waals surface area (Å²) in [5.41, 5.74) is 6.04. The van der Waals surface area contributed by atoms with Crippen LogP contribution in [0.3, 0.4) is 0 Å². The lowest BCUT2D eigenvalue weighted by atomic mass is 9.85. The zero-order valence-electron chi connectivity index (χ0n) is 11.1. The maximum Gasteiger partial charge on any atom is 0.220 e. The fraction of sp³-hybridized carbons (Fsp3) is 0.923. The monoisotopic (exact) mass is 242 g/mol. The average molecular weight is 242 g/mol. The molecule has 0 aromatic carbocycles. The Labute approximate surface area is 104 Å². The minimum absolute atomic E-state index is 0.118. The van der Waals surface area contributed by atoms with Gasteiger partial charge in [0.1, 0.15) is 0 Å². The number of methoxy groups -OCH3 is 1. The van der Waals surface area contributed by atoms with E-state index in [2.05, 4.69) is 5.32 Å². The lowest BCUT2D eigenvalue weighted by molar-refractivity contribution is -0.122. The van der Waals surface area contributed by atoms with E-state index < -0.39 is 0 Å². The molecular formula is C13H26N2O2. The molecule has 1 aliphatic carbocycles. The predicted octanol–water partition coefficient (Wildman–Crippen LogP) is 1.29. The SMILES string of the molecule is COCC(C)CC(=O)NCC1CCCCC1N. The highest BCUT2D eigenvalue weighted by atomic mass is 16.5. The number of hydrogen-bond acceptors (Lipinski definition) is 3. The molecule has 0 spiro atoms. The van der Waals surface area contributed by atoms with Crippen LogP contribution < -0.4 is 11.1 Å². The normalized spacial score (nSPS) is 26.5. The van der Waals surface area contributed by atoms with Gasteiger partial charge in [-0.05, 0) is 24.7 Å². The molecule has 3 N–H and O–H groups in total. The number of nitrogens with one attached hydrogen (secondary N) is 1. The summed E-state index contributed by atoms with van der Waals surface area (Å²) >= 11 is 0. The summed E-state index contributed by atoms with van der Waals surface area (Å²) in [7, 11) is 1.66. The third kappa shape index (κ3) is 5.50. The molecule has 1 fully saturated rings. The van der Waals surface area contributed by atoms with Crippen molar-refractivity contribution in [2.75, 3.05) is 20.3 Å². The van der Waals surface area contributed by atoms with Crippen molar-refractivity contribution < 1.29 is 9.53 Å². The Morgan fingerprint density at radius 3 is 2.82 bits per heavy atom. The van der Waals surface area contributed by atoms with Gasteiger partial charge in [0, 0.05) is 32.7 Å². The molecule has 4 nitrogen and oxygen atoms in total. The van der Waals surface area contributed by atoms with Crippen LogP contribution in [0.25, 0.3) is 0 Å². The van der Waals surface area contributed by atoms with Gasteiger partial charge in [0.05, 0.1) is 0 Å². The molecule has 1 aliphatic rings. The standard InChI is InChI=1S/C13H26N2O2/c1-10(9-17-2)7-13(16)15-8-11-5-3-4-6-12(11)14/h10-12H,3-9,14H2,1-2H3,(H,15,16). The summed E-state index contributed by atoms with van der Waals surface area (Å²) in [6, 6.07) is 0.264. The van der Waals surface area contributed by atoms with Crippen LogP contribution in [-0.2, 0) is 9.53 Å². The fourth-order valence-corrected chi connectivity index (χ4v) is 2.47. The number of carbonyl (C=O) groups excluding carboxylic acids is 1. The van der Waals surface area contributed by atoms with Gasteiger partial charge < -0.3 is 15.8 Å². The van der Waals surface area contributed by atoms with E-state index in [4.69, 9.17) is 10.5 Å². The number of carbonyl (C=O) groups is 1. The summed E-state index contributed by atoms with van der Waals surface area (Å²) in [5, 5.41) is 3.00. The topological polar surface area (TPSA) is 64.3 Å². The summed E-state index contributed by atoms with van der Waals surface area (Å²) in [4.78, 5) is 11.7. The summed E-state index contributed by atoms with van der Waals surface area (Å²) in [5.74, 6) is 0.859. The molecule has 4 heteroatoms. The molecule has 0 aromatic heterocycles. The van der Waals surface area contributed by atoms with E-state index in [9.17, 15) is 4.79 Å². The lowest BCUT2D eigenvalue weighted by Gasteiger charge is -2.28. The van der Waals surface area contributed by atoms with Crippen LogP contribution in [0.2, 0.25) is 0 Å². The van der Waals surface area contributed by atoms with Gasteiger partial charge in [0.15, 0.2) is 0 Å². The first-order valence-electron chi connectivity index (χ1n) is 6.64. The molecule has 1 saturated carbocycles. The molecule has 0 radical (unpaired) electrons. The summed E-state index contributed by atoms with van der Waals surface area (Å²) in [6.07, 6.45) is 5.26. The highest BCUT2D eigenvalue weighted by molar-refractivity contribution is 5.76. The number of nitrogens with two attached hydrogens (primary N) is 1. The third-order valence-electron chi connectivity index (χ3n) is 3.51. The van der Waals surface area contributed by atoms with Gasteiger partial charge in [0.2, 0.25) is 5.91 Å². The van der Waals surface area contributed by atoms with E-state index >= 15 is 0 Å². The molecule has 3 atom stereocenters. The average Bonchev–Trinajstić information content (AvgIpc) is 2.28. The Hall–Kier alpha value is -0.610. The van der Waals surface area contributed by atoms with Gasteiger partial charge in [0.25, 0.3) is 0 Å². The second-order valence-electron chi connectivity index (χ2n) is 5.28. The Balaban J connectivity index is 2.18. The quantitative estimate of drug-likeness (QED) is 0.737. The van der Waals surface area contributed by atoms with Gasteiger partial charge >= 0.3 is 0 Å². The van der Waals surface area contributed by atoms with Crippen LogP contribution in [0.15, 0.2) is 0 Å². The van der Waals surface area contributed by atoms with Crippen LogP contribution in [0.4, 0.5) is 0 Å². The highest BCUT2D eigenvalue weighted by Crippen LogP contribution is 2.22. The molecule has 0 aliphatic heterocycles. The van der Waals surface area contributed by atoms with Crippen molar-refractivity contribution in [1.82, 2.24) is 5.32 Å². The second kappa shape index (κ2) is 7.67. The minimum atomic E-state index is 0.118. The van der Waals surface area contributed by atoms with Crippen molar-refractivity contribution in [2.24, 2.45) is 17.6 Å². The molecule has 100 valence electrons. The van der Waals surface area contributed by atoms with E-state index in [-0.39, 0.29) is 17.9 Å². The zero-order valence-corrected chi connectivity index (χ0v) is 11.1. The molecule has 0 bridgehead atoms. The fourth-order valence-electron chi connectivity index (χ4n) is 2.47. The molecule has 0 saturated heterocycles. The molecular weight excluding hydrogens is 216 g/mol. The number of rotatable bonds is 6. The third-order valence-corrected chi connectivity index (χ3v) is 3.51. The van der Waals surface area contributed by atoms with Crippen LogP contribution in [0, 0.1) is 11.8 Å². The first kappa shape index (κ1) is 14.5. The number of hydrogen-bond donors (Lipinski definition) is 2. The summed E-state index contributed by atoms with van der Waals surface area (Å²) in [6.45, 7) is 3.39. The second-order valence-corrected chi connectivity index (χ2v) is 5.28. The number of amides is 1. The largest absolute Gasteiger partial charge is 0.384 e. The van der Waals surface area contributed by atoms with Crippen molar-refractivity contribution in [3.05, 3.63) is 0 Å². The zero-order chi connectivity index (χ0) is 12.7. The van der Waals surface area contributed by atoms with E-state index in [1.807, 2.05) is 6.92 Å². The van der Waals surface area contributed by atoms with Gasteiger partial charge in [-0.1, -0.05) is 19.8 Å². The molecule has 0 aromatic rings. The predicted molar refractivity (Wildman–Crippen MR) is 68.6 cm³/mol. The van der Waals surface area contributed by atoms with Crippen LogP contribution >= 0.6 is 0 Å². The Morgan fingerprint density at radius 2 is 2.18 bits per heavy atom. The molecule has 1 amide bonds. The maximum absolute atomic E-state index is 11.7. The molecule has 17 heavy (non-hydrogen) atoms. The smallest absolute Gasteiger partial charge is 0.220 e. The minimum Gasteiger partial charge on any atom is -0.384 e. The van der Waals surface area contributed by atoms with Crippen molar-refractivity contribution in [1.29, 1.82) is 0 Å². The van der Waals surface area contributed by atoms with Crippen molar-refractivity contribution in [2.45, 2.75) is 45.1 Å². The maximum atomic E-state index is 11.7. The van der Waals surface area contributed by atoms with E-state index in [0.29, 0.717) is 18.9 Å². The summed E-state index contributed by atoms with van der Waals surface area (Å²) < 4.78 is 5.02. The Bertz CT molecular complexity index is 233. The van der Waals surface area contributed by atoms with Crippen molar-refractivity contribution in [3.8, 4) is 0 Å². The van der Waals surface area contributed by atoms with Crippen LogP contribution in [0.5, 0.6) is 0 Å². The number of ether oxygens (including phenoxy) is 1. The highest BCUT2D eigenvalue weighted by Gasteiger charge is 2.22. The van der Waals surface area contributed by atoms with Gasteiger partial charge in [-0.2, -0.15) is 0 Å². The molecule has 1 rings (SSSR count). The van der Waals surface area contributed by atoms with Gasteiger partial charge in [-0.15, -0.1) is 0 Å². The van der Waals surface area contributed by atoms with Crippen molar-refractivity contribution >= 4 is 5.91 Å². The van der Waals surface area contributed by atoms with Crippen LogP contribution in [0.1, 0.15) is 39.0 Å². The lowest BCUT2D eigenvalue weighted by Crippen LogP contribution is -2.41. The van der Waals surface area contributed by atoms with E-state index in [1.165, 1.54) is 12.8 Å². The van der Waals surface area contributed by atoms with E-state index in [1.54, 1.807) is 7.11 Å². The molecule has 0 heterocycles. The van der Waals surface area contributed by atoms with Crippen LogP contribution in [-0.4, -0.2) is 32.2 Å².